The van der Waals surface area contributed by atoms with Crippen LogP contribution in [0.15, 0.2) is 29.1 Å². The molecule has 0 atom stereocenters. The Hall–Kier alpha value is -1.93. The fourth-order valence-electron chi connectivity index (χ4n) is 3.45. The van der Waals surface area contributed by atoms with Gasteiger partial charge in [-0.15, -0.1) is 11.3 Å². The summed E-state index contributed by atoms with van der Waals surface area (Å²) in [5, 5.41) is 4.61. The molecular weight excluding hydrogens is 382 g/mol. The van der Waals surface area contributed by atoms with Crippen LogP contribution in [-0.4, -0.2) is 41.1 Å². The lowest BCUT2D eigenvalue weighted by Gasteiger charge is -2.21. The van der Waals surface area contributed by atoms with Crippen molar-refractivity contribution in [3.63, 3.8) is 0 Å². The molecule has 1 aliphatic heterocycles. The van der Waals surface area contributed by atoms with E-state index in [1.807, 2.05) is 12.1 Å². The Labute approximate surface area is 166 Å². The topological polar surface area (TPSA) is 76.2 Å². The van der Waals surface area contributed by atoms with E-state index in [9.17, 15) is 4.79 Å². The van der Waals surface area contributed by atoms with Gasteiger partial charge in [0, 0.05) is 29.5 Å². The number of rotatable bonds is 5. The van der Waals surface area contributed by atoms with Crippen molar-refractivity contribution < 1.29 is 0 Å². The maximum atomic E-state index is 13.5. The van der Waals surface area contributed by atoms with Crippen molar-refractivity contribution in [2.45, 2.75) is 19.4 Å². The molecule has 3 aromatic rings. The molecule has 1 aromatic carbocycles. The molecule has 27 heavy (non-hydrogen) atoms. The van der Waals surface area contributed by atoms with Gasteiger partial charge in [-0.25, -0.2) is 9.55 Å². The minimum Gasteiger partial charge on any atom is -0.355 e. The maximum Gasteiger partial charge on any atom is 0.268 e. The van der Waals surface area contributed by atoms with E-state index in [1.54, 1.807) is 28.0 Å². The average molecular weight is 404 g/mol. The van der Waals surface area contributed by atoms with Gasteiger partial charge < -0.3 is 16.0 Å². The van der Waals surface area contributed by atoms with E-state index in [2.05, 4.69) is 17.3 Å². The van der Waals surface area contributed by atoms with Crippen LogP contribution in [0.3, 0.4) is 0 Å². The van der Waals surface area contributed by atoms with Crippen LogP contribution in [0.4, 0.5) is 5.95 Å². The van der Waals surface area contributed by atoms with E-state index in [0.29, 0.717) is 29.7 Å². The Morgan fingerprint density at radius 2 is 2.26 bits per heavy atom. The van der Waals surface area contributed by atoms with Crippen molar-refractivity contribution in [3.8, 4) is 5.69 Å². The molecule has 4 rings (SSSR count). The number of nitrogens with two attached hydrogens (primary N) is 1. The summed E-state index contributed by atoms with van der Waals surface area (Å²) in [6, 6.07) is 7.31. The van der Waals surface area contributed by atoms with Crippen molar-refractivity contribution >= 4 is 39.1 Å². The third-order valence-electron chi connectivity index (χ3n) is 4.80. The van der Waals surface area contributed by atoms with Crippen molar-refractivity contribution in [1.29, 1.82) is 0 Å². The molecule has 0 aliphatic carbocycles. The number of halogens is 1. The van der Waals surface area contributed by atoms with Gasteiger partial charge in [-0.3, -0.25) is 4.79 Å². The third-order valence-corrected chi connectivity index (χ3v) is 6.14. The molecule has 3 heterocycles. The molecule has 0 saturated carbocycles. The van der Waals surface area contributed by atoms with Gasteiger partial charge in [0.15, 0.2) is 0 Å². The standard InChI is InChI=1S/C19H22ClN5OS/c1-24-9-6-14-15(11-24)27-17-16(14)18(26)25(13-5-2-4-12(20)10-13)19(23-17)22-8-3-7-21/h2,4-5,10H,3,6-9,11,21H2,1H3,(H,22,23). The molecule has 8 heteroatoms. The number of hydrogen-bond donors (Lipinski definition) is 2. The van der Waals surface area contributed by atoms with Crippen LogP contribution in [0.25, 0.3) is 15.9 Å². The summed E-state index contributed by atoms with van der Waals surface area (Å²) in [6.45, 7) is 3.05. The van der Waals surface area contributed by atoms with Crippen LogP contribution in [0, 0.1) is 0 Å². The number of nitrogens with one attached hydrogen (secondary N) is 1. The highest BCUT2D eigenvalue weighted by Gasteiger charge is 2.24. The van der Waals surface area contributed by atoms with Crippen molar-refractivity contribution in [2.24, 2.45) is 5.73 Å². The van der Waals surface area contributed by atoms with Crippen molar-refractivity contribution in [2.75, 3.05) is 32.0 Å². The minimum absolute atomic E-state index is 0.0421. The molecular formula is C19H22ClN5OS. The van der Waals surface area contributed by atoms with Crippen LogP contribution in [-0.2, 0) is 13.0 Å². The van der Waals surface area contributed by atoms with Gasteiger partial charge in [-0.1, -0.05) is 17.7 Å². The summed E-state index contributed by atoms with van der Waals surface area (Å²) < 4.78 is 1.63. The predicted octanol–water partition coefficient (Wildman–Crippen LogP) is 2.85. The average Bonchev–Trinajstić information content (AvgIpc) is 2.99. The number of fused-ring (bicyclic) bond motifs is 3. The quantitative estimate of drug-likeness (QED) is 0.640. The highest BCUT2D eigenvalue weighted by Crippen LogP contribution is 2.33. The van der Waals surface area contributed by atoms with Gasteiger partial charge in [0.25, 0.3) is 5.56 Å². The van der Waals surface area contributed by atoms with Crippen LogP contribution in [0.5, 0.6) is 0 Å². The van der Waals surface area contributed by atoms with Crippen molar-refractivity contribution in [3.05, 3.63) is 50.1 Å². The first kappa shape index (κ1) is 18.4. The molecule has 0 spiro atoms. The molecule has 1 aliphatic rings. The smallest absolute Gasteiger partial charge is 0.268 e. The number of aromatic nitrogens is 2. The fourth-order valence-corrected chi connectivity index (χ4v) is 4.92. The third kappa shape index (κ3) is 3.48. The zero-order valence-corrected chi connectivity index (χ0v) is 16.7. The number of likely N-dealkylation sites (N-methyl/N-ethyl adjacent to an activating group) is 1. The monoisotopic (exact) mass is 403 g/mol. The molecule has 0 fully saturated rings. The zero-order valence-electron chi connectivity index (χ0n) is 15.2. The van der Waals surface area contributed by atoms with Gasteiger partial charge in [0.05, 0.1) is 11.1 Å². The van der Waals surface area contributed by atoms with Crippen molar-refractivity contribution in [1.82, 2.24) is 14.5 Å². The number of anilines is 1. The highest BCUT2D eigenvalue weighted by molar-refractivity contribution is 7.18. The molecule has 2 aromatic heterocycles. The lowest BCUT2D eigenvalue weighted by Crippen LogP contribution is -2.28. The molecule has 6 nitrogen and oxygen atoms in total. The lowest BCUT2D eigenvalue weighted by atomic mass is 10.1. The Balaban J connectivity index is 1.93. The predicted molar refractivity (Wildman–Crippen MR) is 112 cm³/mol. The van der Waals surface area contributed by atoms with Gasteiger partial charge in [0.1, 0.15) is 4.83 Å². The summed E-state index contributed by atoms with van der Waals surface area (Å²) in [5.41, 5.74) is 7.43. The summed E-state index contributed by atoms with van der Waals surface area (Å²) in [4.78, 5) is 22.6. The molecule has 142 valence electrons. The first-order valence-corrected chi connectivity index (χ1v) is 10.2. The van der Waals surface area contributed by atoms with Crippen LogP contribution < -0.4 is 16.6 Å². The van der Waals surface area contributed by atoms with Crippen LogP contribution in [0.1, 0.15) is 16.9 Å². The van der Waals surface area contributed by atoms with Gasteiger partial charge >= 0.3 is 0 Å². The van der Waals surface area contributed by atoms with E-state index in [4.69, 9.17) is 22.3 Å². The maximum absolute atomic E-state index is 13.5. The summed E-state index contributed by atoms with van der Waals surface area (Å²) in [7, 11) is 2.10. The Morgan fingerprint density at radius 3 is 3.04 bits per heavy atom. The molecule has 0 amide bonds. The normalized spacial score (nSPS) is 14.5. The van der Waals surface area contributed by atoms with E-state index in [0.717, 1.165) is 41.7 Å². The second kappa shape index (κ2) is 7.59. The van der Waals surface area contributed by atoms with E-state index >= 15 is 0 Å². The number of nitrogens with zero attached hydrogens (tertiary/aromatic N) is 3. The minimum atomic E-state index is -0.0421. The highest BCUT2D eigenvalue weighted by atomic mass is 35.5. The molecule has 0 saturated heterocycles. The second-order valence-electron chi connectivity index (χ2n) is 6.80. The largest absolute Gasteiger partial charge is 0.355 e. The van der Waals surface area contributed by atoms with Gasteiger partial charge in [-0.2, -0.15) is 0 Å². The van der Waals surface area contributed by atoms with E-state index in [-0.39, 0.29) is 5.56 Å². The van der Waals surface area contributed by atoms with Crippen LogP contribution >= 0.6 is 22.9 Å². The fraction of sp³-hybridized carbons (Fsp3) is 0.368. The van der Waals surface area contributed by atoms with Gasteiger partial charge in [0.2, 0.25) is 5.95 Å². The number of thiophene rings is 1. The molecule has 0 radical (unpaired) electrons. The second-order valence-corrected chi connectivity index (χ2v) is 8.32. The van der Waals surface area contributed by atoms with E-state index < -0.39 is 0 Å². The Morgan fingerprint density at radius 1 is 1.41 bits per heavy atom. The lowest BCUT2D eigenvalue weighted by molar-refractivity contribution is 0.318. The summed E-state index contributed by atoms with van der Waals surface area (Å²) in [5.74, 6) is 0.537. The first-order valence-electron chi connectivity index (χ1n) is 9.04. The number of benzene rings is 1. The van der Waals surface area contributed by atoms with Crippen LogP contribution in [0.2, 0.25) is 5.02 Å². The Kier molecular flexibility index (Phi) is 5.19. The summed E-state index contributed by atoms with van der Waals surface area (Å²) >= 11 is 7.80. The van der Waals surface area contributed by atoms with Gasteiger partial charge in [-0.05, 0) is 50.2 Å². The van der Waals surface area contributed by atoms with E-state index in [1.165, 1.54) is 4.88 Å². The molecule has 0 bridgehead atoms. The molecule has 3 N–H and O–H groups in total. The zero-order chi connectivity index (χ0) is 19.0. The molecule has 0 unspecified atom stereocenters. The summed E-state index contributed by atoms with van der Waals surface area (Å²) in [6.07, 6.45) is 1.67. The first-order chi connectivity index (χ1) is 13.1. The number of hydrogen-bond acceptors (Lipinski definition) is 6. The Bertz CT molecular complexity index is 1040. The SMILES string of the molecule is CN1CCc2c(sc3nc(NCCCN)n(-c4cccc(Cl)c4)c(=O)c23)C1.